The topological polar surface area (TPSA) is 29.3 Å². The van der Waals surface area contributed by atoms with Gasteiger partial charge in [0.1, 0.15) is 0 Å². The second-order valence-electron chi connectivity index (χ2n) is 5.35. The molecule has 1 unspecified atom stereocenters. The number of hydrogen-bond donors (Lipinski definition) is 1. The maximum absolute atomic E-state index is 6.17. The molecule has 0 spiro atoms. The van der Waals surface area contributed by atoms with Crippen molar-refractivity contribution >= 4 is 0 Å². The molecular weight excluding hydrogens is 196 g/mol. The van der Waals surface area contributed by atoms with Gasteiger partial charge in [0.15, 0.2) is 0 Å². The highest BCUT2D eigenvalue weighted by Crippen LogP contribution is 2.31. The van der Waals surface area contributed by atoms with E-state index in [0.717, 1.165) is 6.42 Å². The molecule has 0 amide bonds. The highest BCUT2D eigenvalue weighted by molar-refractivity contribution is 5.34. The lowest BCUT2D eigenvalue weighted by atomic mass is 9.87. The number of benzene rings is 1. The molecule has 0 aromatic heterocycles. The molecule has 2 nitrogen and oxygen atoms in total. The number of hydrazine groups is 1. The maximum atomic E-state index is 6.17. The minimum absolute atomic E-state index is 0.572. The Morgan fingerprint density at radius 2 is 1.94 bits per heavy atom. The predicted octanol–water partition coefficient (Wildman–Crippen LogP) is 2.19. The molecule has 0 heterocycles. The van der Waals surface area contributed by atoms with Gasteiger partial charge in [-0.05, 0) is 50.2 Å². The molecule has 2 heteroatoms. The summed E-state index contributed by atoms with van der Waals surface area (Å²) in [5.74, 6) is 6.17. The zero-order valence-corrected chi connectivity index (χ0v) is 9.95. The lowest BCUT2D eigenvalue weighted by Gasteiger charge is -2.32. The van der Waals surface area contributed by atoms with E-state index in [-0.39, 0.29) is 0 Å². The Bertz CT molecular complexity index is 396. The molecule has 2 aliphatic rings. The molecule has 0 aliphatic heterocycles. The van der Waals surface area contributed by atoms with Crippen LogP contribution in [0.15, 0.2) is 18.2 Å². The number of aryl methyl sites for hydroxylation is 2. The largest absolute Gasteiger partial charge is 0.268 e. The van der Waals surface area contributed by atoms with Crippen molar-refractivity contribution in [2.45, 2.75) is 51.1 Å². The molecule has 2 aliphatic carbocycles. The van der Waals surface area contributed by atoms with Crippen LogP contribution in [0.5, 0.6) is 0 Å². The van der Waals surface area contributed by atoms with Gasteiger partial charge in [0, 0.05) is 12.1 Å². The van der Waals surface area contributed by atoms with Crippen LogP contribution in [0.2, 0.25) is 0 Å². The maximum Gasteiger partial charge on any atom is 0.0287 e. The van der Waals surface area contributed by atoms with Crippen LogP contribution in [0, 0.1) is 6.92 Å². The van der Waals surface area contributed by atoms with Gasteiger partial charge in [-0.3, -0.25) is 5.84 Å². The summed E-state index contributed by atoms with van der Waals surface area (Å²) < 4.78 is 0. The third kappa shape index (κ3) is 1.87. The monoisotopic (exact) mass is 216 g/mol. The smallest absolute Gasteiger partial charge is 0.0287 e. The van der Waals surface area contributed by atoms with Crippen LogP contribution in [0.25, 0.3) is 0 Å². The molecule has 16 heavy (non-hydrogen) atoms. The summed E-state index contributed by atoms with van der Waals surface area (Å²) in [4.78, 5) is 0. The summed E-state index contributed by atoms with van der Waals surface area (Å²) in [6.07, 6.45) is 6.16. The van der Waals surface area contributed by atoms with E-state index in [4.69, 9.17) is 5.84 Å². The van der Waals surface area contributed by atoms with Gasteiger partial charge in [-0.25, -0.2) is 5.01 Å². The van der Waals surface area contributed by atoms with E-state index in [2.05, 4.69) is 30.1 Å². The van der Waals surface area contributed by atoms with Crippen LogP contribution < -0.4 is 5.84 Å². The average Bonchev–Trinajstić information content (AvgIpc) is 3.11. The van der Waals surface area contributed by atoms with Gasteiger partial charge in [0.2, 0.25) is 0 Å². The Balaban J connectivity index is 1.77. The normalized spacial score (nSPS) is 24.6. The van der Waals surface area contributed by atoms with E-state index in [1.54, 1.807) is 5.56 Å². The Morgan fingerprint density at radius 1 is 1.12 bits per heavy atom. The first-order chi connectivity index (χ1) is 7.74. The molecule has 3 rings (SSSR count). The lowest BCUT2D eigenvalue weighted by molar-refractivity contribution is 0.173. The third-order valence-electron chi connectivity index (χ3n) is 3.95. The zero-order chi connectivity index (χ0) is 11.1. The fraction of sp³-hybridized carbons (Fsp3) is 0.571. The molecule has 1 aromatic carbocycles. The molecule has 86 valence electrons. The second kappa shape index (κ2) is 3.86. The van der Waals surface area contributed by atoms with Crippen LogP contribution in [-0.2, 0) is 12.8 Å². The quantitative estimate of drug-likeness (QED) is 0.606. The first-order valence-corrected chi connectivity index (χ1v) is 6.35. The molecule has 1 aromatic rings. The summed E-state index contributed by atoms with van der Waals surface area (Å²) in [5.41, 5.74) is 4.43. The number of rotatable bonds is 2. The van der Waals surface area contributed by atoms with Crippen LogP contribution in [0.3, 0.4) is 0 Å². The summed E-state index contributed by atoms with van der Waals surface area (Å²) >= 11 is 0. The van der Waals surface area contributed by atoms with Gasteiger partial charge in [0.05, 0.1) is 0 Å². The molecule has 1 fully saturated rings. The van der Waals surface area contributed by atoms with Gasteiger partial charge in [-0.1, -0.05) is 23.8 Å². The lowest BCUT2D eigenvalue weighted by Crippen LogP contribution is -2.45. The van der Waals surface area contributed by atoms with Crippen LogP contribution in [0.1, 0.15) is 36.0 Å². The minimum Gasteiger partial charge on any atom is -0.268 e. The van der Waals surface area contributed by atoms with Crippen LogP contribution in [-0.4, -0.2) is 17.1 Å². The fourth-order valence-electron chi connectivity index (χ4n) is 2.79. The predicted molar refractivity (Wildman–Crippen MR) is 66.0 cm³/mol. The van der Waals surface area contributed by atoms with E-state index in [0.29, 0.717) is 12.1 Å². The molecule has 0 bridgehead atoms. The zero-order valence-electron chi connectivity index (χ0n) is 9.95. The number of fused-ring (bicyclic) bond motifs is 1. The highest BCUT2D eigenvalue weighted by Gasteiger charge is 2.33. The van der Waals surface area contributed by atoms with E-state index < -0.39 is 0 Å². The van der Waals surface area contributed by atoms with Crippen molar-refractivity contribution in [2.75, 3.05) is 0 Å². The van der Waals surface area contributed by atoms with Crippen molar-refractivity contribution in [3.63, 3.8) is 0 Å². The van der Waals surface area contributed by atoms with E-state index in [9.17, 15) is 0 Å². The van der Waals surface area contributed by atoms with Gasteiger partial charge >= 0.3 is 0 Å². The van der Waals surface area contributed by atoms with Gasteiger partial charge < -0.3 is 0 Å². The summed E-state index contributed by atoms with van der Waals surface area (Å²) in [7, 11) is 0. The Morgan fingerprint density at radius 3 is 2.69 bits per heavy atom. The fourth-order valence-corrected chi connectivity index (χ4v) is 2.79. The molecule has 1 atom stereocenters. The van der Waals surface area contributed by atoms with Crippen molar-refractivity contribution < 1.29 is 0 Å². The van der Waals surface area contributed by atoms with Crippen molar-refractivity contribution in [1.82, 2.24) is 5.01 Å². The molecular formula is C14H20N2. The molecule has 0 radical (unpaired) electrons. The number of nitrogens with zero attached hydrogens (tertiary/aromatic N) is 1. The first-order valence-electron chi connectivity index (χ1n) is 6.35. The van der Waals surface area contributed by atoms with Crippen LogP contribution in [0.4, 0.5) is 0 Å². The minimum atomic E-state index is 0.572. The van der Waals surface area contributed by atoms with Crippen molar-refractivity contribution in [3.8, 4) is 0 Å². The number of nitrogens with two attached hydrogens (primary N) is 1. The Labute approximate surface area is 97.4 Å². The van der Waals surface area contributed by atoms with Gasteiger partial charge in [0.25, 0.3) is 0 Å². The highest BCUT2D eigenvalue weighted by atomic mass is 15.4. The standard InChI is InChI=1S/C14H20N2/c1-10-2-3-12-9-14(5-4-11(12)8-10)16(15)13-6-7-13/h2-3,8,13-14H,4-7,9,15H2,1H3. The van der Waals surface area contributed by atoms with E-state index >= 15 is 0 Å². The van der Waals surface area contributed by atoms with Gasteiger partial charge in [-0.15, -0.1) is 0 Å². The molecule has 2 N–H and O–H groups in total. The van der Waals surface area contributed by atoms with Gasteiger partial charge in [-0.2, -0.15) is 0 Å². The summed E-state index contributed by atoms with van der Waals surface area (Å²) in [6.45, 7) is 2.17. The number of hydrogen-bond acceptors (Lipinski definition) is 2. The Kier molecular flexibility index (Phi) is 2.49. The third-order valence-corrected chi connectivity index (χ3v) is 3.95. The SMILES string of the molecule is Cc1ccc2c(c1)CCC(N(N)C1CC1)C2. The molecule has 0 saturated heterocycles. The van der Waals surface area contributed by atoms with Crippen molar-refractivity contribution in [1.29, 1.82) is 0 Å². The van der Waals surface area contributed by atoms with Crippen molar-refractivity contribution in [2.24, 2.45) is 5.84 Å². The van der Waals surface area contributed by atoms with Crippen molar-refractivity contribution in [3.05, 3.63) is 34.9 Å². The summed E-state index contributed by atoms with van der Waals surface area (Å²) in [6, 6.07) is 8.10. The average molecular weight is 216 g/mol. The van der Waals surface area contributed by atoms with E-state index in [1.807, 2.05) is 0 Å². The Hall–Kier alpha value is -0.860. The van der Waals surface area contributed by atoms with Crippen LogP contribution >= 0.6 is 0 Å². The van der Waals surface area contributed by atoms with E-state index in [1.165, 1.54) is 36.8 Å². The first kappa shape index (κ1) is 10.3. The second-order valence-corrected chi connectivity index (χ2v) is 5.35. The molecule has 1 saturated carbocycles. The summed E-state index contributed by atoms with van der Waals surface area (Å²) in [5, 5.41) is 2.13.